The number of ether oxygens (including phenoxy) is 2. The van der Waals surface area contributed by atoms with Crippen LogP contribution >= 0.6 is 27.7 Å². The molecule has 0 amide bonds. The molecule has 0 aliphatic rings. The van der Waals surface area contributed by atoms with Crippen LogP contribution < -0.4 is 9.47 Å². The van der Waals surface area contributed by atoms with Gasteiger partial charge in [-0.25, -0.2) is 0 Å². The molecule has 0 bridgehead atoms. The van der Waals surface area contributed by atoms with Crippen molar-refractivity contribution in [3.05, 3.63) is 74.6 Å². The van der Waals surface area contributed by atoms with Gasteiger partial charge in [0.2, 0.25) is 0 Å². The molecule has 0 heterocycles. The van der Waals surface area contributed by atoms with Gasteiger partial charge in [0.1, 0.15) is 11.5 Å². The first kappa shape index (κ1) is 22.4. The van der Waals surface area contributed by atoms with E-state index in [2.05, 4.69) is 33.7 Å². The van der Waals surface area contributed by atoms with Gasteiger partial charge in [-0.2, -0.15) is 0 Å². The molecule has 2 rings (SSSR count). The van der Waals surface area contributed by atoms with Crippen molar-refractivity contribution in [2.75, 3.05) is 0 Å². The van der Waals surface area contributed by atoms with Gasteiger partial charge in [0.15, 0.2) is 5.09 Å². The highest BCUT2D eigenvalue weighted by atomic mass is 79.9. The molecule has 0 radical (unpaired) electrons. The largest absolute Gasteiger partial charge is 0.573 e. The van der Waals surface area contributed by atoms with Crippen LogP contribution in [0.25, 0.3) is 5.57 Å². The van der Waals surface area contributed by atoms with Gasteiger partial charge in [-0.15, -0.1) is 13.2 Å². The summed E-state index contributed by atoms with van der Waals surface area (Å²) in [5, 5.41) is 0.661. The van der Waals surface area contributed by atoms with E-state index < -0.39 is 6.36 Å². The molecule has 2 aromatic rings. The SMILES string of the molecule is CC/C=C(\C)S/C(Oc1ccc(OC(F)(F)F)cc1)=C(\C)c1ccc(Br)cc1. The Morgan fingerprint density at radius 1 is 1.00 bits per heavy atom. The fraction of sp³-hybridized carbons (Fsp3) is 0.238. The summed E-state index contributed by atoms with van der Waals surface area (Å²) in [6.07, 6.45) is -1.74. The zero-order chi connectivity index (χ0) is 20.7. The molecule has 0 aliphatic heterocycles. The summed E-state index contributed by atoms with van der Waals surface area (Å²) in [5.74, 6) is 0.141. The van der Waals surface area contributed by atoms with E-state index in [1.54, 1.807) is 0 Å². The molecular formula is C21H20BrF3O2S. The zero-order valence-electron chi connectivity index (χ0n) is 15.6. The molecule has 2 aromatic carbocycles. The van der Waals surface area contributed by atoms with E-state index in [1.807, 2.05) is 38.1 Å². The van der Waals surface area contributed by atoms with Gasteiger partial charge in [-0.1, -0.05) is 52.8 Å². The van der Waals surface area contributed by atoms with Gasteiger partial charge < -0.3 is 9.47 Å². The van der Waals surface area contributed by atoms with Crippen LogP contribution in [0.4, 0.5) is 13.2 Å². The monoisotopic (exact) mass is 472 g/mol. The van der Waals surface area contributed by atoms with E-state index in [0.29, 0.717) is 10.8 Å². The predicted molar refractivity (Wildman–Crippen MR) is 112 cm³/mol. The van der Waals surface area contributed by atoms with Crippen molar-refractivity contribution in [2.24, 2.45) is 0 Å². The van der Waals surface area contributed by atoms with E-state index in [1.165, 1.54) is 36.0 Å². The molecule has 28 heavy (non-hydrogen) atoms. The van der Waals surface area contributed by atoms with Crippen molar-refractivity contribution in [2.45, 2.75) is 33.6 Å². The number of rotatable bonds is 7. The first-order valence-corrected chi connectivity index (χ1v) is 10.1. The second-order valence-corrected chi connectivity index (χ2v) is 8.00. The Morgan fingerprint density at radius 2 is 1.57 bits per heavy atom. The minimum atomic E-state index is -4.72. The number of allylic oxidation sites excluding steroid dienone is 3. The van der Waals surface area contributed by atoms with Gasteiger partial charge >= 0.3 is 6.36 Å². The van der Waals surface area contributed by atoms with Gasteiger partial charge in [0, 0.05) is 10.0 Å². The lowest BCUT2D eigenvalue weighted by Gasteiger charge is -2.15. The standard InChI is InChI=1S/C21H20BrF3O2S/c1-4-5-14(2)28-20(15(3)16-6-8-17(22)9-7-16)26-18-10-12-19(13-11-18)27-21(23,24)25/h5-13H,4H2,1-3H3/b14-5+,20-15+. The summed E-state index contributed by atoms with van der Waals surface area (Å²) in [7, 11) is 0. The molecule has 150 valence electrons. The van der Waals surface area contributed by atoms with E-state index in [-0.39, 0.29) is 5.75 Å². The fourth-order valence-corrected chi connectivity index (χ4v) is 3.50. The summed E-state index contributed by atoms with van der Waals surface area (Å²) in [6, 6.07) is 13.2. The molecule has 0 spiro atoms. The van der Waals surface area contributed by atoms with Crippen LogP contribution in [0.5, 0.6) is 11.5 Å². The molecule has 0 aromatic heterocycles. The van der Waals surface area contributed by atoms with Gasteiger partial charge in [0.25, 0.3) is 0 Å². The average Bonchev–Trinajstić information content (AvgIpc) is 2.62. The second-order valence-electron chi connectivity index (χ2n) is 5.87. The Hall–Kier alpha value is -1.86. The summed E-state index contributed by atoms with van der Waals surface area (Å²) in [5.41, 5.74) is 1.92. The minimum absolute atomic E-state index is 0.287. The molecule has 0 aliphatic carbocycles. The predicted octanol–water partition coefficient (Wildman–Crippen LogP) is 8.16. The molecule has 7 heteroatoms. The number of hydrogen-bond acceptors (Lipinski definition) is 3. The average molecular weight is 473 g/mol. The van der Waals surface area contributed by atoms with E-state index in [9.17, 15) is 13.2 Å². The Labute approximate surface area is 175 Å². The van der Waals surface area contributed by atoms with Crippen molar-refractivity contribution in [3.63, 3.8) is 0 Å². The van der Waals surface area contributed by atoms with Crippen LogP contribution in [0, 0.1) is 0 Å². The van der Waals surface area contributed by atoms with Crippen LogP contribution in [0.15, 0.2) is 69.1 Å². The molecule has 0 atom stereocenters. The van der Waals surface area contributed by atoms with Crippen molar-refractivity contribution in [1.82, 2.24) is 0 Å². The number of thioether (sulfide) groups is 1. The molecular weight excluding hydrogens is 453 g/mol. The Morgan fingerprint density at radius 3 is 2.11 bits per heavy atom. The summed E-state index contributed by atoms with van der Waals surface area (Å²) >= 11 is 4.90. The van der Waals surface area contributed by atoms with Crippen LogP contribution in [0.3, 0.4) is 0 Å². The van der Waals surface area contributed by atoms with Crippen LogP contribution in [0.1, 0.15) is 32.8 Å². The Kier molecular flexibility index (Phi) is 8.07. The molecule has 2 nitrogen and oxygen atoms in total. The lowest BCUT2D eigenvalue weighted by Crippen LogP contribution is -2.16. The Balaban J connectivity index is 2.30. The molecule has 0 N–H and O–H groups in total. The third-order valence-corrected chi connectivity index (χ3v) is 5.19. The Bertz CT molecular complexity index is 841. The third-order valence-electron chi connectivity index (χ3n) is 3.60. The maximum Gasteiger partial charge on any atom is 0.573 e. The van der Waals surface area contributed by atoms with Crippen LogP contribution in [-0.4, -0.2) is 6.36 Å². The van der Waals surface area contributed by atoms with Crippen molar-refractivity contribution < 1.29 is 22.6 Å². The van der Waals surface area contributed by atoms with Crippen molar-refractivity contribution in [3.8, 4) is 11.5 Å². The third kappa shape index (κ3) is 7.28. The van der Waals surface area contributed by atoms with Crippen LogP contribution in [0.2, 0.25) is 0 Å². The molecule has 0 saturated heterocycles. The van der Waals surface area contributed by atoms with E-state index in [0.717, 1.165) is 26.9 Å². The number of hydrogen-bond donors (Lipinski definition) is 0. The van der Waals surface area contributed by atoms with E-state index >= 15 is 0 Å². The highest BCUT2D eigenvalue weighted by Gasteiger charge is 2.31. The minimum Gasteiger partial charge on any atom is -0.450 e. The van der Waals surface area contributed by atoms with Crippen molar-refractivity contribution in [1.29, 1.82) is 0 Å². The first-order chi connectivity index (χ1) is 13.2. The maximum atomic E-state index is 12.3. The summed E-state index contributed by atoms with van der Waals surface area (Å²) in [4.78, 5) is 1.07. The van der Waals surface area contributed by atoms with Gasteiger partial charge in [0.05, 0.1) is 0 Å². The zero-order valence-corrected chi connectivity index (χ0v) is 18.0. The van der Waals surface area contributed by atoms with E-state index in [4.69, 9.17) is 4.74 Å². The van der Waals surface area contributed by atoms with Gasteiger partial charge in [-0.3, -0.25) is 0 Å². The molecule has 0 fully saturated rings. The lowest BCUT2D eigenvalue weighted by atomic mass is 10.1. The lowest BCUT2D eigenvalue weighted by molar-refractivity contribution is -0.274. The van der Waals surface area contributed by atoms with Crippen molar-refractivity contribution >= 4 is 33.3 Å². The molecule has 0 unspecified atom stereocenters. The first-order valence-electron chi connectivity index (χ1n) is 8.53. The molecule has 0 saturated carbocycles. The second kappa shape index (κ2) is 10.1. The summed E-state index contributed by atoms with van der Waals surface area (Å²) in [6.45, 7) is 5.99. The number of alkyl halides is 3. The summed E-state index contributed by atoms with van der Waals surface area (Å²) < 4.78 is 47.8. The normalized spacial score (nSPS) is 13.2. The maximum absolute atomic E-state index is 12.3. The topological polar surface area (TPSA) is 18.5 Å². The smallest absolute Gasteiger partial charge is 0.450 e. The number of halogens is 4. The number of benzene rings is 2. The highest BCUT2D eigenvalue weighted by molar-refractivity contribution is 9.10. The fourth-order valence-electron chi connectivity index (χ4n) is 2.28. The van der Waals surface area contributed by atoms with Crippen LogP contribution in [-0.2, 0) is 0 Å². The highest BCUT2D eigenvalue weighted by Crippen LogP contribution is 2.35. The quantitative estimate of drug-likeness (QED) is 0.378. The van der Waals surface area contributed by atoms with Gasteiger partial charge in [-0.05, 0) is 67.1 Å².